The number of nitrogens with one attached hydrogen (secondary N) is 3. The molecule has 138 valence electrons. The maximum Gasteiger partial charge on any atom is 0.327 e. The SMILES string of the molecule is O=C(Nc1cc(CCc2ccccc2)[nH]n1)Nc1nccc(C2CCC2)n1. The molecular weight excluding hydrogens is 340 g/mol. The zero-order valence-corrected chi connectivity index (χ0v) is 15.0. The lowest BCUT2D eigenvalue weighted by Crippen LogP contribution is -2.22. The number of anilines is 2. The fourth-order valence-corrected chi connectivity index (χ4v) is 3.09. The second kappa shape index (κ2) is 7.99. The molecule has 3 aromatic rings. The normalized spacial score (nSPS) is 13.8. The van der Waals surface area contributed by atoms with Crippen molar-refractivity contribution in [3.8, 4) is 0 Å². The summed E-state index contributed by atoms with van der Waals surface area (Å²) in [6.45, 7) is 0. The van der Waals surface area contributed by atoms with Crippen molar-refractivity contribution < 1.29 is 4.79 Å². The Kier molecular flexibility index (Phi) is 5.09. The molecular formula is C20H22N6O. The molecule has 0 unspecified atom stereocenters. The van der Waals surface area contributed by atoms with Crippen LogP contribution >= 0.6 is 0 Å². The van der Waals surface area contributed by atoms with Crippen LogP contribution in [0.15, 0.2) is 48.7 Å². The Labute approximate surface area is 157 Å². The molecule has 0 aliphatic heterocycles. The Balaban J connectivity index is 1.30. The van der Waals surface area contributed by atoms with Crippen LogP contribution in [-0.2, 0) is 12.8 Å². The number of nitrogens with zero attached hydrogens (tertiary/aromatic N) is 3. The van der Waals surface area contributed by atoms with Gasteiger partial charge in [0.05, 0.1) is 0 Å². The first kappa shape index (κ1) is 17.2. The molecule has 0 bridgehead atoms. The van der Waals surface area contributed by atoms with Gasteiger partial charge in [0.2, 0.25) is 5.95 Å². The van der Waals surface area contributed by atoms with Crippen molar-refractivity contribution >= 4 is 17.8 Å². The number of rotatable bonds is 6. The predicted octanol–water partition coefficient (Wildman–Crippen LogP) is 3.90. The average molecular weight is 362 g/mol. The van der Waals surface area contributed by atoms with E-state index in [4.69, 9.17) is 0 Å². The van der Waals surface area contributed by atoms with Gasteiger partial charge in [-0.2, -0.15) is 5.10 Å². The van der Waals surface area contributed by atoms with Crippen LogP contribution in [0.5, 0.6) is 0 Å². The number of benzene rings is 1. The molecule has 1 aromatic carbocycles. The minimum atomic E-state index is -0.401. The second-order valence-corrected chi connectivity index (χ2v) is 6.78. The molecule has 1 saturated carbocycles. The van der Waals surface area contributed by atoms with Gasteiger partial charge in [-0.25, -0.2) is 14.8 Å². The molecule has 2 aromatic heterocycles. The molecule has 2 amide bonds. The van der Waals surface area contributed by atoms with Crippen LogP contribution in [0, 0.1) is 0 Å². The Bertz CT molecular complexity index is 904. The maximum atomic E-state index is 12.2. The van der Waals surface area contributed by atoms with E-state index in [2.05, 4.69) is 42.9 Å². The van der Waals surface area contributed by atoms with Crippen molar-refractivity contribution in [1.29, 1.82) is 0 Å². The van der Waals surface area contributed by atoms with Gasteiger partial charge in [0.15, 0.2) is 5.82 Å². The lowest BCUT2D eigenvalue weighted by atomic mass is 9.83. The number of carbonyl (C=O) groups excluding carboxylic acids is 1. The average Bonchev–Trinajstić information content (AvgIpc) is 3.07. The standard InChI is InChI=1S/C20H22N6O/c27-20(24-19-21-12-11-17(22-19)15-7-4-8-15)23-18-13-16(25-26-18)10-9-14-5-2-1-3-6-14/h1-3,5-6,11-13,15H,4,7-10H2,(H3,21,22,23,24,25,26,27). The quantitative estimate of drug-likeness (QED) is 0.620. The van der Waals surface area contributed by atoms with Gasteiger partial charge in [-0.3, -0.25) is 15.7 Å². The smallest absolute Gasteiger partial charge is 0.291 e. The highest BCUT2D eigenvalue weighted by molar-refractivity contribution is 5.97. The molecule has 1 aliphatic carbocycles. The largest absolute Gasteiger partial charge is 0.327 e. The number of urea groups is 1. The third kappa shape index (κ3) is 4.49. The van der Waals surface area contributed by atoms with Crippen molar-refractivity contribution in [3.05, 3.63) is 65.6 Å². The van der Waals surface area contributed by atoms with Crippen molar-refractivity contribution in [2.75, 3.05) is 10.6 Å². The Morgan fingerprint density at radius 2 is 1.96 bits per heavy atom. The lowest BCUT2D eigenvalue weighted by molar-refractivity contribution is 0.262. The van der Waals surface area contributed by atoms with E-state index in [1.807, 2.05) is 30.3 Å². The van der Waals surface area contributed by atoms with Gasteiger partial charge in [0, 0.05) is 29.6 Å². The van der Waals surface area contributed by atoms with Gasteiger partial charge < -0.3 is 0 Å². The number of hydrogen-bond donors (Lipinski definition) is 3. The summed E-state index contributed by atoms with van der Waals surface area (Å²) in [5.41, 5.74) is 3.23. The summed E-state index contributed by atoms with van der Waals surface area (Å²) in [5, 5.41) is 12.5. The third-order valence-corrected chi connectivity index (χ3v) is 4.82. The van der Waals surface area contributed by atoms with E-state index >= 15 is 0 Å². The molecule has 3 N–H and O–H groups in total. The van der Waals surface area contributed by atoms with E-state index in [9.17, 15) is 4.79 Å². The third-order valence-electron chi connectivity index (χ3n) is 4.82. The molecule has 4 rings (SSSR count). The second-order valence-electron chi connectivity index (χ2n) is 6.78. The molecule has 1 fully saturated rings. The minimum absolute atomic E-state index is 0.316. The first-order valence-electron chi connectivity index (χ1n) is 9.25. The molecule has 0 spiro atoms. The summed E-state index contributed by atoms with van der Waals surface area (Å²) in [6, 6.07) is 13.6. The summed E-state index contributed by atoms with van der Waals surface area (Å²) >= 11 is 0. The molecule has 7 heteroatoms. The fourth-order valence-electron chi connectivity index (χ4n) is 3.09. The van der Waals surface area contributed by atoms with Crippen molar-refractivity contribution in [2.45, 2.75) is 38.0 Å². The molecule has 7 nitrogen and oxygen atoms in total. The predicted molar refractivity (Wildman–Crippen MR) is 104 cm³/mol. The van der Waals surface area contributed by atoms with Gasteiger partial charge in [0.25, 0.3) is 0 Å². The van der Waals surface area contributed by atoms with Crippen molar-refractivity contribution in [2.24, 2.45) is 0 Å². The van der Waals surface area contributed by atoms with Gasteiger partial charge in [-0.1, -0.05) is 36.8 Å². The lowest BCUT2D eigenvalue weighted by Gasteiger charge is -2.24. The Morgan fingerprint density at radius 3 is 2.74 bits per heavy atom. The van der Waals surface area contributed by atoms with Crippen molar-refractivity contribution in [1.82, 2.24) is 20.2 Å². The Morgan fingerprint density at radius 1 is 1.11 bits per heavy atom. The number of carbonyl (C=O) groups is 1. The first-order chi connectivity index (χ1) is 13.3. The maximum absolute atomic E-state index is 12.2. The summed E-state index contributed by atoms with van der Waals surface area (Å²) in [7, 11) is 0. The summed E-state index contributed by atoms with van der Waals surface area (Å²) in [4.78, 5) is 20.7. The van der Waals surface area contributed by atoms with Crippen LogP contribution in [0.1, 0.15) is 42.1 Å². The molecule has 2 heterocycles. The first-order valence-corrected chi connectivity index (χ1v) is 9.25. The highest BCUT2D eigenvalue weighted by atomic mass is 16.2. The molecule has 27 heavy (non-hydrogen) atoms. The summed E-state index contributed by atoms with van der Waals surface area (Å²) in [5.74, 6) is 1.29. The highest BCUT2D eigenvalue weighted by Crippen LogP contribution is 2.35. The minimum Gasteiger partial charge on any atom is -0.291 e. The van der Waals surface area contributed by atoms with E-state index in [1.54, 1.807) is 6.20 Å². The molecule has 1 aliphatic rings. The van der Waals surface area contributed by atoms with E-state index in [0.29, 0.717) is 17.7 Å². The number of aryl methyl sites for hydroxylation is 2. The zero-order valence-electron chi connectivity index (χ0n) is 15.0. The van der Waals surface area contributed by atoms with Crippen LogP contribution in [0.2, 0.25) is 0 Å². The number of aromatic amines is 1. The Hall–Kier alpha value is -3.22. The zero-order chi connectivity index (χ0) is 18.5. The molecule has 0 saturated heterocycles. The van der Waals surface area contributed by atoms with E-state index in [0.717, 1.165) is 37.1 Å². The van der Waals surface area contributed by atoms with Crippen LogP contribution in [0.3, 0.4) is 0 Å². The van der Waals surface area contributed by atoms with Gasteiger partial charge >= 0.3 is 6.03 Å². The van der Waals surface area contributed by atoms with Gasteiger partial charge in [0.1, 0.15) is 0 Å². The molecule has 0 radical (unpaired) electrons. The fraction of sp³-hybridized carbons (Fsp3) is 0.300. The van der Waals surface area contributed by atoms with E-state index in [1.165, 1.54) is 12.0 Å². The van der Waals surface area contributed by atoms with Gasteiger partial charge in [-0.05, 0) is 37.3 Å². The number of H-pyrrole nitrogens is 1. The monoisotopic (exact) mass is 362 g/mol. The van der Waals surface area contributed by atoms with Crippen LogP contribution in [0.4, 0.5) is 16.6 Å². The van der Waals surface area contributed by atoms with Crippen molar-refractivity contribution in [3.63, 3.8) is 0 Å². The number of hydrogen-bond acceptors (Lipinski definition) is 4. The van der Waals surface area contributed by atoms with E-state index in [-0.39, 0.29) is 0 Å². The molecule has 0 atom stereocenters. The van der Waals surface area contributed by atoms with Gasteiger partial charge in [-0.15, -0.1) is 0 Å². The number of amides is 2. The highest BCUT2D eigenvalue weighted by Gasteiger charge is 2.21. The summed E-state index contributed by atoms with van der Waals surface area (Å²) in [6.07, 6.45) is 6.98. The summed E-state index contributed by atoms with van der Waals surface area (Å²) < 4.78 is 0. The van der Waals surface area contributed by atoms with Crippen LogP contribution in [-0.4, -0.2) is 26.2 Å². The van der Waals surface area contributed by atoms with Crippen LogP contribution < -0.4 is 10.6 Å². The van der Waals surface area contributed by atoms with Crippen LogP contribution in [0.25, 0.3) is 0 Å². The topological polar surface area (TPSA) is 95.6 Å². The number of aromatic nitrogens is 4. The van der Waals surface area contributed by atoms with E-state index < -0.39 is 6.03 Å².